The third-order valence-electron chi connectivity index (χ3n) is 3.33. The molecule has 0 bridgehead atoms. The van der Waals surface area contributed by atoms with Crippen molar-refractivity contribution >= 4 is 23.5 Å². The van der Waals surface area contributed by atoms with Gasteiger partial charge in [0.25, 0.3) is 0 Å². The highest BCUT2D eigenvalue weighted by Gasteiger charge is 2.14. The number of hydrogen-bond donors (Lipinski definition) is 1. The van der Waals surface area contributed by atoms with E-state index in [9.17, 15) is 4.79 Å². The highest BCUT2D eigenvalue weighted by Crippen LogP contribution is 2.24. The molecular weight excluding hydrogens is 334 g/mol. The number of nitrogens with one attached hydrogen (secondary N) is 1. The minimum Gasteiger partial charge on any atom is -0.310 e. The summed E-state index contributed by atoms with van der Waals surface area (Å²) in [5.41, 5.74) is 0.974. The van der Waals surface area contributed by atoms with Crippen molar-refractivity contribution in [2.45, 2.75) is 11.7 Å². The molecule has 3 rings (SSSR count). The summed E-state index contributed by atoms with van der Waals surface area (Å²) in [4.78, 5) is 16.2. The van der Waals surface area contributed by atoms with Gasteiger partial charge in [-0.1, -0.05) is 54.2 Å². The number of nitrogens with zero attached hydrogens (tertiary/aromatic N) is 4. The van der Waals surface area contributed by atoms with E-state index in [1.807, 2.05) is 41.0 Å². The van der Waals surface area contributed by atoms with Crippen LogP contribution in [0.15, 0.2) is 72.5 Å². The van der Waals surface area contributed by atoms with Gasteiger partial charge >= 0.3 is 0 Å². The van der Waals surface area contributed by atoms with E-state index >= 15 is 0 Å². The first kappa shape index (κ1) is 16.9. The molecule has 0 fully saturated rings. The molecule has 1 aromatic carbocycles. The van der Waals surface area contributed by atoms with Crippen LogP contribution < -0.4 is 5.32 Å². The molecule has 0 aliphatic rings. The molecule has 3 aromatic rings. The maximum absolute atomic E-state index is 12.1. The Balaban J connectivity index is 1.71. The standard InChI is InChI=1S/C18H17N5OS/c1-2-12-23-17(14-8-4-3-5-9-14)21-22-18(23)25-13-16(24)20-15-10-6-7-11-19-15/h2-11H,1,12-13H2,(H,19,20,24). The highest BCUT2D eigenvalue weighted by molar-refractivity contribution is 7.99. The van der Waals surface area contributed by atoms with Gasteiger partial charge in [0, 0.05) is 18.3 Å². The fourth-order valence-corrected chi connectivity index (χ4v) is 2.98. The highest BCUT2D eigenvalue weighted by atomic mass is 32.2. The summed E-state index contributed by atoms with van der Waals surface area (Å²) < 4.78 is 1.95. The average Bonchev–Trinajstić information content (AvgIpc) is 3.05. The number of thioether (sulfide) groups is 1. The van der Waals surface area contributed by atoms with Crippen LogP contribution in [0.1, 0.15) is 0 Å². The molecule has 0 atom stereocenters. The Morgan fingerprint density at radius 2 is 1.96 bits per heavy atom. The molecule has 1 N–H and O–H groups in total. The molecule has 25 heavy (non-hydrogen) atoms. The van der Waals surface area contributed by atoms with E-state index in [0.717, 1.165) is 11.4 Å². The lowest BCUT2D eigenvalue weighted by molar-refractivity contribution is -0.113. The summed E-state index contributed by atoms with van der Waals surface area (Å²) in [5, 5.41) is 11.9. The first-order valence-corrected chi connectivity index (χ1v) is 8.69. The number of aromatic nitrogens is 4. The minimum atomic E-state index is -0.141. The Kier molecular flexibility index (Phi) is 5.58. The molecule has 126 valence electrons. The topological polar surface area (TPSA) is 72.7 Å². The molecule has 2 heterocycles. The number of rotatable bonds is 7. The van der Waals surface area contributed by atoms with Crippen LogP contribution in [0.3, 0.4) is 0 Å². The predicted molar refractivity (Wildman–Crippen MR) is 99.2 cm³/mol. The fourth-order valence-electron chi connectivity index (χ4n) is 2.24. The minimum absolute atomic E-state index is 0.141. The van der Waals surface area contributed by atoms with Crippen molar-refractivity contribution in [3.63, 3.8) is 0 Å². The smallest absolute Gasteiger partial charge is 0.236 e. The van der Waals surface area contributed by atoms with E-state index in [2.05, 4.69) is 27.1 Å². The van der Waals surface area contributed by atoms with Crippen molar-refractivity contribution in [1.29, 1.82) is 0 Å². The van der Waals surface area contributed by atoms with Crippen LogP contribution in [0.25, 0.3) is 11.4 Å². The van der Waals surface area contributed by atoms with Crippen LogP contribution in [0.4, 0.5) is 5.82 Å². The number of carbonyl (C=O) groups excluding carboxylic acids is 1. The molecule has 0 spiro atoms. The van der Waals surface area contributed by atoms with Crippen molar-refractivity contribution in [2.24, 2.45) is 0 Å². The normalized spacial score (nSPS) is 10.4. The second kappa shape index (κ2) is 8.25. The van der Waals surface area contributed by atoms with Crippen LogP contribution in [0.5, 0.6) is 0 Å². The van der Waals surface area contributed by atoms with Crippen molar-refractivity contribution in [3.05, 3.63) is 67.4 Å². The lowest BCUT2D eigenvalue weighted by Crippen LogP contribution is -2.15. The van der Waals surface area contributed by atoms with E-state index in [1.165, 1.54) is 11.8 Å². The molecule has 0 aliphatic carbocycles. The van der Waals surface area contributed by atoms with Crippen LogP contribution in [-0.4, -0.2) is 31.4 Å². The molecule has 0 aliphatic heterocycles. The van der Waals surface area contributed by atoms with Gasteiger partial charge in [-0.2, -0.15) is 0 Å². The Morgan fingerprint density at radius 3 is 2.68 bits per heavy atom. The van der Waals surface area contributed by atoms with Crippen molar-refractivity contribution in [1.82, 2.24) is 19.7 Å². The lowest BCUT2D eigenvalue weighted by atomic mass is 10.2. The van der Waals surface area contributed by atoms with Crippen molar-refractivity contribution < 1.29 is 4.79 Å². The van der Waals surface area contributed by atoms with Gasteiger partial charge in [-0.3, -0.25) is 9.36 Å². The SMILES string of the molecule is C=CCn1c(SCC(=O)Nc2ccccn2)nnc1-c1ccccc1. The largest absolute Gasteiger partial charge is 0.310 e. The zero-order valence-corrected chi connectivity index (χ0v) is 14.3. The first-order valence-electron chi connectivity index (χ1n) is 7.71. The van der Waals surface area contributed by atoms with Crippen LogP contribution >= 0.6 is 11.8 Å². The summed E-state index contributed by atoms with van der Waals surface area (Å²) in [5.74, 6) is 1.37. The van der Waals surface area contributed by atoms with E-state index < -0.39 is 0 Å². The maximum Gasteiger partial charge on any atom is 0.236 e. The quantitative estimate of drug-likeness (QED) is 0.522. The number of amides is 1. The fraction of sp³-hybridized carbons (Fsp3) is 0.111. The van der Waals surface area contributed by atoms with E-state index in [-0.39, 0.29) is 11.7 Å². The number of carbonyl (C=O) groups is 1. The van der Waals surface area contributed by atoms with Gasteiger partial charge in [0.15, 0.2) is 11.0 Å². The van der Waals surface area contributed by atoms with Gasteiger partial charge in [-0.15, -0.1) is 16.8 Å². The molecule has 0 saturated carbocycles. The van der Waals surface area contributed by atoms with Gasteiger partial charge < -0.3 is 5.32 Å². The first-order chi connectivity index (χ1) is 12.3. The average molecular weight is 351 g/mol. The molecular formula is C18H17N5OS. The molecule has 6 nitrogen and oxygen atoms in total. The van der Waals surface area contributed by atoms with E-state index in [1.54, 1.807) is 24.4 Å². The third-order valence-corrected chi connectivity index (χ3v) is 4.29. The number of pyridine rings is 1. The number of allylic oxidation sites excluding steroid dienone is 1. The lowest BCUT2D eigenvalue weighted by Gasteiger charge is -2.08. The Morgan fingerprint density at radius 1 is 1.16 bits per heavy atom. The Bertz CT molecular complexity index is 848. The third kappa shape index (κ3) is 4.33. The summed E-state index contributed by atoms with van der Waals surface area (Å²) in [6.45, 7) is 4.36. The van der Waals surface area contributed by atoms with Crippen LogP contribution in [-0.2, 0) is 11.3 Å². The zero-order chi connectivity index (χ0) is 17.5. The van der Waals surface area contributed by atoms with Gasteiger partial charge in [0.1, 0.15) is 5.82 Å². The monoisotopic (exact) mass is 351 g/mol. The van der Waals surface area contributed by atoms with Gasteiger partial charge in [0.2, 0.25) is 5.91 Å². The second-order valence-corrected chi connectivity index (χ2v) is 6.07. The number of benzene rings is 1. The number of anilines is 1. The number of hydrogen-bond acceptors (Lipinski definition) is 5. The summed E-state index contributed by atoms with van der Waals surface area (Å²) in [6.07, 6.45) is 3.42. The molecule has 2 aromatic heterocycles. The van der Waals surface area contributed by atoms with E-state index in [0.29, 0.717) is 17.5 Å². The Hall–Kier alpha value is -2.93. The van der Waals surface area contributed by atoms with Crippen molar-refractivity contribution in [2.75, 3.05) is 11.1 Å². The molecule has 0 radical (unpaired) electrons. The summed E-state index contributed by atoms with van der Waals surface area (Å²) in [6, 6.07) is 15.2. The van der Waals surface area contributed by atoms with Gasteiger partial charge in [-0.25, -0.2) is 4.98 Å². The summed E-state index contributed by atoms with van der Waals surface area (Å²) >= 11 is 1.33. The van der Waals surface area contributed by atoms with Crippen molar-refractivity contribution in [3.8, 4) is 11.4 Å². The molecule has 1 amide bonds. The maximum atomic E-state index is 12.1. The van der Waals surface area contributed by atoms with Crippen LogP contribution in [0.2, 0.25) is 0 Å². The van der Waals surface area contributed by atoms with E-state index in [4.69, 9.17) is 0 Å². The molecule has 0 unspecified atom stereocenters. The zero-order valence-electron chi connectivity index (χ0n) is 13.5. The summed E-state index contributed by atoms with van der Waals surface area (Å²) in [7, 11) is 0. The Labute approximate surface area is 150 Å². The van der Waals surface area contributed by atoms with Crippen LogP contribution in [0, 0.1) is 0 Å². The predicted octanol–water partition coefficient (Wildman–Crippen LogP) is 3.26. The molecule has 7 heteroatoms. The second-order valence-electron chi connectivity index (χ2n) is 5.12. The van der Waals surface area contributed by atoms with Gasteiger partial charge in [-0.05, 0) is 12.1 Å². The molecule has 0 saturated heterocycles. The van der Waals surface area contributed by atoms with Gasteiger partial charge in [0.05, 0.1) is 5.75 Å².